The van der Waals surface area contributed by atoms with Crippen LogP contribution in [0.3, 0.4) is 0 Å². The van der Waals surface area contributed by atoms with Crippen LogP contribution in [0.4, 0.5) is 5.69 Å². The summed E-state index contributed by atoms with van der Waals surface area (Å²) in [5, 5.41) is 5.67. The SMILES string of the molecule is CC(C)(C)c1ccc([C@@H]2c3sc(=O)n(CC(=O)Nc4ccc(Cl)cc4)c3SC3C(=O)NC(=O)C32)cc1. The minimum Gasteiger partial charge on any atom is -0.325 e. The van der Waals surface area contributed by atoms with Crippen LogP contribution in [-0.2, 0) is 26.3 Å². The normalized spacial score (nSPS) is 21.1. The van der Waals surface area contributed by atoms with Crippen LogP contribution in [0.25, 0.3) is 0 Å². The average Bonchev–Trinajstić information content (AvgIpc) is 3.28. The van der Waals surface area contributed by atoms with Crippen LogP contribution in [0.1, 0.15) is 42.7 Å². The minimum atomic E-state index is -0.670. The second-order valence-corrected chi connectivity index (χ2v) is 12.5. The Hall–Kier alpha value is -2.88. The van der Waals surface area contributed by atoms with Crippen molar-refractivity contribution >= 4 is 58.1 Å². The summed E-state index contributed by atoms with van der Waals surface area (Å²) < 4.78 is 1.40. The molecule has 1 fully saturated rings. The van der Waals surface area contributed by atoms with Crippen molar-refractivity contribution in [2.75, 3.05) is 5.32 Å². The van der Waals surface area contributed by atoms with Crippen LogP contribution in [0, 0.1) is 5.92 Å². The van der Waals surface area contributed by atoms with Gasteiger partial charge in [-0.3, -0.25) is 29.1 Å². The summed E-state index contributed by atoms with van der Waals surface area (Å²) >= 11 is 8.12. The number of carbonyl (C=O) groups excluding carboxylic acids is 3. The predicted molar refractivity (Wildman–Crippen MR) is 142 cm³/mol. The lowest BCUT2D eigenvalue weighted by atomic mass is 9.81. The maximum atomic E-state index is 13.1. The number of fused-ring (bicyclic) bond motifs is 2. The Morgan fingerprint density at radius 1 is 1.03 bits per heavy atom. The zero-order chi connectivity index (χ0) is 25.8. The van der Waals surface area contributed by atoms with Crippen molar-refractivity contribution in [3.8, 4) is 0 Å². The number of halogens is 1. The molecule has 3 aromatic rings. The molecule has 36 heavy (non-hydrogen) atoms. The molecule has 7 nitrogen and oxygen atoms in total. The van der Waals surface area contributed by atoms with Gasteiger partial charge in [0, 0.05) is 21.5 Å². The molecule has 10 heteroatoms. The van der Waals surface area contributed by atoms with E-state index in [0.29, 0.717) is 20.6 Å². The maximum Gasteiger partial charge on any atom is 0.308 e. The van der Waals surface area contributed by atoms with E-state index < -0.39 is 17.1 Å². The number of benzene rings is 2. The van der Waals surface area contributed by atoms with E-state index in [-0.39, 0.29) is 34.6 Å². The topological polar surface area (TPSA) is 97.3 Å². The molecule has 0 bridgehead atoms. The average molecular weight is 542 g/mol. The number of carbonyl (C=O) groups is 3. The summed E-state index contributed by atoms with van der Waals surface area (Å²) in [5.74, 6) is -2.15. The number of thiazole rings is 1. The molecule has 2 aliphatic rings. The monoisotopic (exact) mass is 541 g/mol. The van der Waals surface area contributed by atoms with Gasteiger partial charge in [0.25, 0.3) is 0 Å². The molecule has 1 saturated heterocycles. The molecule has 0 radical (unpaired) electrons. The molecule has 2 N–H and O–H groups in total. The van der Waals surface area contributed by atoms with Crippen molar-refractivity contribution in [1.29, 1.82) is 0 Å². The van der Waals surface area contributed by atoms with Gasteiger partial charge >= 0.3 is 4.87 Å². The second kappa shape index (κ2) is 9.21. The molecule has 2 unspecified atom stereocenters. The van der Waals surface area contributed by atoms with Gasteiger partial charge in [0.15, 0.2) is 0 Å². The number of nitrogens with one attached hydrogen (secondary N) is 2. The molecule has 0 aliphatic carbocycles. The Bertz CT molecular complexity index is 1420. The Morgan fingerprint density at radius 3 is 2.33 bits per heavy atom. The summed E-state index contributed by atoms with van der Waals surface area (Å²) in [7, 11) is 0. The number of nitrogens with zero attached hydrogens (tertiary/aromatic N) is 1. The standard InChI is InChI=1S/C26H24ClN3O4S2/c1-26(2,3)14-6-4-13(5-7-14)18-19-20(23(33)29-22(19)32)35-24-21(18)36-25(34)30(24)12-17(31)28-16-10-8-15(27)9-11-16/h4-11,18-20H,12H2,1-3H3,(H,28,31)(H,29,32,33)/t18-,19?,20?/m0/s1. The largest absolute Gasteiger partial charge is 0.325 e. The Balaban J connectivity index is 1.52. The first kappa shape index (κ1) is 24.8. The highest BCUT2D eigenvalue weighted by Gasteiger charge is 2.52. The molecule has 5 rings (SSSR count). The highest BCUT2D eigenvalue weighted by atomic mass is 35.5. The Kier molecular flexibility index (Phi) is 6.34. The van der Waals surface area contributed by atoms with E-state index >= 15 is 0 Å². The third-order valence-corrected chi connectivity index (χ3v) is 9.32. The summed E-state index contributed by atoms with van der Waals surface area (Å²) in [5.41, 5.74) is 2.53. The molecule has 2 aromatic carbocycles. The number of thioether (sulfide) groups is 1. The molecule has 3 heterocycles. The first-order chi connectivity index (χ1) is 17.0. The summed E-state index contributed by atoms with van der Waals surface area (Å²) in [6.07, 6.45) is 0. The van der Waals surface area contributed by atoms with Crippen LogP contribution < -0.4 is 15.5 Å². The second-order valence-electron chi connectivity index (χ2n) is 9.95. The molecule has 0 saturated carbocycles. The highest BCUT2D eigenvalue weighted by Crippen LogP contribution is 2.51. The van der Waals surface area contributed by atoms with Gasteiger partial charge in [-0.25, -0.2) is 0 Å². The minimum absolute atomic E-state index is 0.0407. The number of aromatic nitrogens is 1. The molecule has 2 aliphatic heterocycles. The van der Waals surface area contributed by atoms with E-state index in [1.165, 1.54) is 16.3 Å². The van der Waals surface area contributed by atoms with Gasteiger partial charge in [-0.1, -0.05) is 79.7 Å². The number of anilines is 1. The lowest BCUT2D eigenvalue weighted by Gasteiger charge is -2.31. The van der Waals surface area contributed by atoms with E-state index in [4.69, 9.17) is 11.6 Å². The fraction of sp³-hybridized carbons (Fsp3) is 0.308. The Morgan fingerprint density at radius 2 is 1.69 bits per heavy atom. The summed E-state index contributed by atoms with van der Waals surface area (Å²) in [6, 6.07) is 14.7. The van der Waals surface area contributed by atoms with E-state index in [1.807, 2.05) is 24.3 Å². The molecule has 3 atom stereocenters. The van der Waals surface area contributed by atoms with Crippen LogP contribution in [0.2, 0.25) is 5.02 Å². The molecule has 0 spiro atoms. The quantitative estimate of drug-likeness (QED) is 0.478. The third kappa shape index (κ3) is 4.51. The van der Waals surface area contributed by atoms with E-state index in [2.05, 4.69) is 31.4 Å². The zero-order valence-corrected chi connectivity index (χ0v) is 22.2. The van der Waals surface area contributed by atoms with Crippen molar-refractivity contribution in [1.82, 2.24) is 9.88 Å². The van der Waals surface area contributed by atoms with Crippen molar-refractivity contribution < 1.29 is 14.4 Å². The summed E-state index contributed by atoms with van der Waals surface area (Å²) in [4.78, 5) is 51.8. The highest BCUT2D eigenvalue weighted by molar-refractivity contribution is 8.00. The molecular weight excluding hydrogens is 518 g/mol. The van der Waals surface area contributed by atoms with Gasteiger partial charge in [-0.05, 0) is 40.8 Å². The van der Waals surface area contributed by atoms with E-state index in [0.717, 1.165) is 22.5 Å². The fourth-order valence-corrected chi connectivity index (χ4v) is 7.47. The van der Waals surface area contributed by atoms with Gasteiger partial charge in [-0.2, -0.15) is 0 Å². The van der Waals surface area contributed by atoms with Crippen LogP contribution >= 0.6 is 34.7 Å². The maximum absolute atomic E-state index is 13.1. The lowest BCUT2D eigenvalue weighted by Crippen LogP contribution is -2.32. The molecule has 186 valence electrons. The van der Waals surface area contributed by atoms with Crippen molar-refractivity contribution in [3.63, 3.8) is 0 Å². The molecule has 1 aromatic heterocycles. The molecular formula is C26H24ClN3O4S2. The zero-order valence-electron chi connectivity index (χ0n) is 19.8. The number of amides is 3. The van der Waals surface area contributed by atoms with Crippen molar-refractivity contribution in [2.45, 2.75) is 48.9 Å². The van der Waals surface area contributed by atoms with E-state index in [1.54, 1.807) is 24.3 Å². The van der Waals surface area contributed by atoms with Crippen molar-refractivity contribution in [3.05, 3.63) is 79.2 Å². The van der Waals surface area contributed by atoms with Gasteiger partial charge in [0.1, 0.15) is 11.8 Å². The number of hydrogen-bond acceptors (Lipinski definition) is 6. The summed E-state index contributed by atoms with van der Waals surface area (Å²) in [6.45, 7) is 6.16. The van der Waals surface area contributed by atoms with Crippen LogP contribution in [0.15, 0.2) is 58.4 Å². The number of rotatable bonds is 4. The molecule has 3 amide bonds. The van der Waals surface area contributed by atoms with Gasteiger partial charge in [0.05, 0.1) is 10.9 Å². The van der Waals surface area contributed by atoms with Crippen LogP contribution in [-0.4, -0.2) is 27.5 Å². The fourth-order valence-electron chi connectivity index (χ4n) is 4.60. The first-order valence-corrected chi connectivity index (χ1v) is 13.5. The number of imide groups is 1. The first-order valence-electron chi connectivity index (χ1n) is 11.4. The number of hydrogen-bond donors (Lipinski definition) is 2. The van der Waals surface area contributed by atoms with Gasteiger partial charge in [-0.15, -0.1) is 0 Å². The van der Waals surface area contributed by atoms with Crippen molar-refractivity contribution in [2.24, 2.45) is 5.92 Å². The van der Waals surface area contributed by atoms with Crippen LogP contribution in [0.5, 0.6) is 0 Å². The van der Waals surface area contributed by atoms with Gasteiger partial charge < -0.3 is 5.32 Å². The van der Waals surface area contributed by atoms with E-state index in [9.17, 15) is 19.2 Å². The predicted octanol–water partition coefficient (Wildman–Crippen LogP) is 4.38. The third-order valence-electron chi connectivity index (χ3n) is 6.45. The van der Waals surface area contributed by atoms with Gasteiger partial charge in [0.2, 0.25) is 17.7 Å². The smallest absolute Gasteiger partial charge is 0.308 e. The lowest BCUT2D eigenvalue weighted by molar-refractivity contribution is -0.126. The Labute approximate surface area is 221 Å².